The third-order valence-electron chi connectivity index (χ3n) is 6.29. The van der Waals surface area contributed by atoms with Crippen LogP contribution in [0.2, 0.25) is 0 Å². The summed E-state index contributed by atoms with van der Waals surface area (Å²) in [4.78, 5) is 13.1. The summed E-state index contributed by atoms with van der Waals surface area (Å²) < 4.78 is 54.9. The van der Waals surface area contributed by atoms with Crippen LogP contribution in [0.4, 0.5) is 18.9 Å². The first kappa shape index (κ1) is 28.5. The number of aromatic carboxylic acids is 1. The number of benzene rings is 3. The fraction of sp³-hybridized carbons (Fsp3) is 0.267. The molecule has 0 aliphatic heterocycles. The topological polar surface area (TPSA) is 85.0 Å². The maximum Gasteiger partial charge on any atom is 0.573 e. The van der Waals surface area contributed by atoms with Gasteiger partial charge in [-0.2, -0.15) is 0 Å². The van der Waals surface area contributed by atoms with Crippen LogP contribution in [0.25, 0.3) is 11.3 Å². The second-order valence-electron chi connectivity index (χ2n) is 9.67. The first-order valence-electron chi connectivity index (χ1n) is 12.5. The summed E-state index contributed by atoms with van der Waals surface area (Å²) in [6, 6.07) is 18.1. The van der Waals surface area contributed by atoms with E-state index in [1.54, 1.807) is 30.3 Å². The molecular weight excluding hydrogens is 525 g/mol. The van der Waals surface area contributed by atoms with E-state index in [0.29, 0.717) is 23.6 Å². The molecule has 0 saturated heterocycles. The van der Waals surface area contributed by atoms with Crippen LogP contribution in [0.3, 0.4) is 0 Å². The number of aryl methyl sites for hydroxylation is 1. The molecule has 0 atom stereocenters. The molecule has 0 spiro atoms. The Bertz CT molecular complexity index is 1480. The van der Waals surface area contributed by atoms with Crippen molar-refractivity contribution < 1.29 is 37.1 Å². The molecule has 40 heavy (non-hydrogen) atoms. The molecule has 0 radical (unpaired) electrons. The standard InChI is InChI=1S/C30H29F3N2O5/c1-18(2)28-24(27(34-40-28)23-7-5-6-8-26(23)39-30(31,32)33)17-38-22-13-14-25(19(3)15-22)35(4)16-20-9-11-21(12-10-20)29(36)37/h5-15,18H,16-17H2,1-4H3,(H,36,37). The number of carboxylic acids is 1. The predicted molar refractivity (Wildman–Crippen MR) is 144 cm³/mol. The van der Waals surface area contributed by atoms with E-state index < -0.39 is 12.3 Å². The number of carbonyl (C=O) groups is 1. The Morgan fingerprint density at radius 1 is 1.07 bits per heavy atom. The van der Waals surface area contributed by atoms with Crippen LogP contribution in [0, 0.1) is 6.92 Å². The minimum Gasteiger partial charge on any atom is -0.489 e. The van der Waals surface area contributed by atoms with Gasteiger partial charge < -0.3 is 24.0 Å². The van der Waals surface area contributed by atoms with Crippen LogP contribution < -0.4 is 14.4 Å². The minimum atomic E-state index is -4.86. The molecule has 0 fully saturated rings. The summed E-state index contributed by atoms with van der Waals surface area (Å²) in [7, 11) is 1.94. The van der Waals surface area contributed by atoms with Crippen molar-refractivity contribution in [1.29, 1.82) is 0 Å². The monoisotopic (exact) mass is 554 g/mol. The van der Waals surface area contributed by atoms with Crippen molar-refractivity contribution in [2.45, 2.75) is 46.2 Å². The van der Waals surface area contributed by atoms with E-state index in [4.69, 9.17) is 14.4 Å². The molecule has 1 heterocycles. The highest BCUT2D eigenvalue weighted by atomic mass is 19.4. The van der Waals surface area contributed by atoms with Gasteiger partial charge in [0.15, 0.2) is 0 Å². The number of rotatable bonds is 10. The van der Waals surface area contributed by atoms with Crippen molar-refractivity contribution in [3.63, 3.8) is 0 Å². The van der Waals surface area contributed by atoms with Gasteiger partial charge in [0, 0.05) is 30.8 Å². The van der Waals surface area contributed by atoms with Gasteiger partial charge in [0.25, 0.3) is 0 Å². The quantitative estimate of drug-likeness (QED) is 0.216. The zero-order chi connectivity index (χ0) is 29.0. The van der Waals surface area contributed by atoms with E-state index in [-0.39, 0.29) is 35.1 Å². The molecule has 0 aliphatic carbocycles. The Kier molecular flexibility index (Phi) is 8.37. The van der Waals surface area contributed by atoms with Gasteiger partial charge in [-0.1, -0.05) is 43.3 Å². The lowest BCUT2D eigenvalue weighted by molar-refractivity contribution is -0.274. The molecular formula is C30H29F3N2O5. The van der Waals surface area contributed by atoms with Crippen molar-refractivity contribution in [3.8, 4) is 22.8 Å². The van der Waals surface area contributed by atoms with Gasteiger partial charge in [-0.3, -0.25) is 0 Å². The number of anilines is 1. The zero-order valence-electron chi connectivity index (χ0n) is 22.5. The molecule has 10 heteroatoms. The molecule has 1 aromatic heterocycles. The van der Waals surface area contributed by atoms with Crippen LogP contribution in [0.15, 0.2) is 71.3 Å². The van der Waals surface area contributed by atoms with E-state index in [0.717, 1.165) is 16.8 Å². The number of nitrogens with zero attached hydrogens (tertiary/aromatic N) is 2. The number of aromatic nitrogens is 1. The number of hydrogen-bond acceptors (Lipinski definition) is 6. The molecule has 0 saturated carbocycles. The lowest BCUT2D eigenvalue weighted by Crippen LogP contribution is -2.17. The summed E-state index contributed by atoms with van der Waals surface area (Å²) in [6.45, 7) is 6.34. The molecule has 4 rings (SSSR count). The van der Waals surface area contributed by atoms with Gasteiger partial charge in [-0.05, 0) is 60.5 Å². The third-order valence-corrected chi connectivity index (χ3v) is 6.29. The summed E-state index contributed by atoms with van der Waals surface area (Å²) in [5.41, 5.74) is 4.02. The van der Waals surface area contributed by atoms with Gasteiger partial charge in [0.05, 0.1) is 11.1 Å². The molecule has 0 unspecified atom stereocenters. The summed E-state index contributed by atoms with van der Waals surface area (Å²) in [5, 5.41) is 13.2. The van der Waals surface area contributed by atoms with Crippen molar-refractivity contribution in [1.82, 2.24) is 5.16 Å². The molecule has 7 nitrogen and oxygen atoms in total. The molecule has 0 aliphatic rings. The van der Waals surface area contributed by atoms with Crippen LogP contribution in [-0.4, -0.2) is 29.6 Å². The Morgan fingerprint density at radius 2 is 1.77 bits per heavy atom. The zero-order valence-corrected chi connectivity index (χ0v) is 22.5. The summed E-state index contributed by atoms with van der Waals surface area (Å²) in [6.07, 6.45) is -4.86. The van der Waals surface area contributed by atoms with E-state index in [1.165, 1.54) is 18.2 Å². The number of ether oxygens (including phenoxy) is 2. The molecule has 0 bridgehead atoms. The summed E-state index contributed by atoms with van der Waals surface area (Å²) >= 11 is 0. The Labute approximate surface area is 229 Å². The lowest BCUT2D eigenvalue weighted by Gasteiger charge is -2.22. The number of para-hydroxylation sites is 1. The van der Waals surface area contributed by atoms with Crippen LogP contribution in [-0.2, 0) is 13.2 Å². The highest BCUT2D eigenvalue weighted by Crippen LogP contribution is 2.38. The summed E-state index contributed by atoms with van der Waals surface area (Å²) in [5.74, 6) is -0.344. The van der Waals surface area contributed by atoms with E-state index in [1.807, 2.05) is 50.9 Å². The molecule has 210 valence electrons. The van der Waals surface area contributed by atoms with E-state index in [2.05, 4.69) is 9.89 Å². The maximum atomic E-state index is 13.0. The van der Waals surface area contributed by atoms with Gasteiger partial charge in [0.1, 0.15) is 29.6 Å². The molecule has 3 aromatic carbocycles. The minimum absolute atomic E-state index is 0.0251. The number of alkyl halides is 3. The van der Waals surface area contributed by atoms with Gasteiger partial charge in [-0.25, -0.2) is 4.79 Å². The molecule has 1 N–H and O–H groups in total. The van der Waals surface area contributed by atoms with Crippen molar-refractivity contribution in [2.75, 3.05) is 11.9 Å². The van der Waals surface area contributed by atoms with Crippen LogP contribution >= 0.6 is 0 Å². The Morgan fingerprint density at radius 3 is 2.40 bits per heavy atom. The number of halogens is 3. The average molecular weight is 555 g/mol. The van der Waals surface area contributed by atoms with Gasteiger partial charge in [-0.15, -0.1) is 13.2 Å². The fourth-order valence-electron chi connectivity index (χ4n) is 4.42. The highest BCUT2D eigenvalue weighted by molar-refractivity contribution is 5.87. The second kappa shape index (κ2) is 11.7. The van der Waals surface area contributed by atoms with Gasteiger partial charge in [0.2, 0.25) is 0 Å². The predicted octanol–water partition coefficient (Wildman–Crippen LogP) is 7.59. The Balaban J connectivity index is 1.53. The fourth-order valence-corrected chi connectivity index (χ4v) is 4.42. The highest BCUT2D eigenvalue weighted by Gasteiger charge is 2.33. The lowest BCUT2D eigenvalue weighted by atomic mass is 10.0. The van der Waals surface area contributed by atoms with Crippen molar-refractivity contribution >= 4 is 11.7 Å². The SMILES string of the molecule is Cc1cc(OCc2c(-c3ccccc3OC(F)(F)F)noc2C(C)C)ccc1N(C)Cc1ccc(C(=O)O)cc1. The average Bonchev–Trinajstić information content (AvgIpc) is 3.31. The largest absolute Gasteiger partial charge is 0.573 e. The van der Waals surface area contributed by atoms with Crippen LogP contribution in [0.1, 0.15) is 52.6 Å². The molecule has 4 aromatic rings. The maximum absolute atomic E-state index is 13.0. The van der Waals surface area contributed by atoms with E-state index >= 15 is 0 Å². The molecule has 0 amide bonds. The smallest absolute Gasteiger partial charge is 0.489 e. The van der Waals surface area contributed by atoms with Gasteiger partial charge >= 0.3 is 12.3 Å². The first-order chi connectivity index (χ1) is 18.9. The second-order valence-corrected chi connectivity index (χ2v) is 9.67. The Hall–Kier alpha value is -4.47. The van der Waals surface area contributed by atoms with Crippen molar-refractivity contribution in [3.05, 3.63) is 94.7 Å². The normalized spacial score (nSPS) is 11.5. The van der Waals surface area contributed by atoms with E-state index in [9.17, 15) is 18.0 Å². The van der Waals surface area contributed by atoms with Crippen molar-refractivity contribution in [2.24, 2.45) is 0 Å². The number of hydrogen-bond donors (Lipinski definition) is 1. The third kappa shape index (κ3) is 6.74. The first-order valence-corrected chi connectivity index (χ1v) is 12.5. The number of carboxylic acid groups (broad SMARTS) is 1. The van der Waals surface area contributed by atoms with Crippen LogP contribution in [0.5, 0.6) is 11.5 Å².